The topological polar surface area (TPSA) is 41.6 Å². The highest BCUT2D eigenvalue weighted by Gasteiger charge is 2.11. The van der Waals surface area contributed by atoms with Gasteiger partial charge < -0.3 is 10.1 Å². The van der Waals surface area contributed by atoms with E-state index >= 15 is 0 Å². The van der Waals surface area contributed by atoms with Crippen molar-refractivity contribution in [2.24, 2.45) is 0 Å². The van der Waals surface area contributed by atoms with Crippen molar-refractivity contribution in [2.45, 2.75) is 0 Å². The molecule has 3 rings (SSSR count). The molecule has 0 spiro atoms. The molecule has 0 heterocycles. The number of hydrogen-bond donors (Lipinski definition) is 1. The van der Waals surface area contributed by atoms with Gasteiger partial charge >= 0.3 is 6.03 Å². The van der Waals surface area contributed by atoms with Crippen molar-refractivity contribution in [3.63, 3.8) is 0 Å². The summed E-state index contributed by atoms with van der Waals surface area (Å²) in [4.78, 5) is 13.9. The van der Waals surface area contributed by atoms with Gasteiger partial charge in [0.05, 0.1) is 0 Å². The highest BCUT2D eigenvalue weighted by molar-refractivity contribution is 9.10. The van der Waals surface area contributed by atoms with E-state index in [1.54, 1.807) is 11.9 Å². The van der Waals surface area contributed by atoms with Crippen LogP contribution in [0.25, 0.3) is 0 Å². The lowest BCUT2D eigenvalue weighted by Crippen LogP contribution is -2.31. The number of carbonyl (C=O) groups is 1. The summed E-state index contributed by atoms with van der Waals surface area (Å²) < 4.78 is 6.66. The number of carbonyl (C=O) groups excluding carboxylic acids is 1. The lowest BCUT2D eigenvalue weighted by atomic mass is 10.3. The molecule has 5 heteroatoms. The number of amides is 2. The Bertz CT molecular complexity index is 851. The van der Waals surface area contributed by atoms with Gasteiger partial charge in [-0.15, -0.1) is 0 Å². The van der Waals surface area contributed by atoms with Crippen LogP contribution in [0.3, 0.4) is 0 Å². The Labute approximate surface area is 155 Å². The molecule has 1 N–H and O–H groups in total. The van der Waals surface area contributed by atoms with Crippen molar-refractivity contribution >= 4 is 33.3 Å². The van der Waals surface area contributed by atoms with Gasteiger partial charge in [0.2, 0.25) is 0 Å². The van der Waals surface area contributed by atoms with Gasteiger partial charge in [-0.25, -0.2) is 4.79 Å². The smallest absolute Gasteiger partial charge is 0.326 e. The summed E-state index contributed by atoms with van der Waals surface area (Å²) in [6.07, 6.45) is 0. The van der Waals surface area contributed by atoms with Gasteiger partial charge in [0.15, 0.2) is 0 Å². The fourth-order valence-corrected chi connectivity index (χ4v) is 2.63. The molecule has 2 amide bonds. The number of nitrogens with one attached hydrogen (secondary N) is 1. The summed E-state index contributed by atoms with van der Waals surface area (Å²) >= 11 is 3.41. The monoisotopic (exact) mass is 396 g/mol. The van der Waals surface area contributed by atoms with Crippen LogP contribution in [0.1, 0.15) is 0 Å². The Balaban J connectivity index is 1.63. The van der Waals surface area contributed by atoms with Crippen LogP contribution in [0, 0.1) is 0 Å². The summed E-state index contributed by atoms with van der Waals surface area (Å²) in [6.45, 7) is 0. The third-order valence-electron chi connectivity index (χ3n) is 3.58. The van der Waals surface area contributed by atoms with E-state index in [0.29, 0.717) is 11.4 Å². The molecule has 0 saturated heterocycles. The Hall–Kier alpha value is -2.79. The molecule has 3 aromatic rings. The summed E-state index contributed by atoms with van der Waals surface area (Å²) in [5.41, 5.74) is 1.50. The van der Waals surface area contributed by atoms with Crippen LogP contribution in [-0.4, -0.2) is 13.1 Å². The van der Waals surface area contributed by atoms with Gasteiger partial charge in [-0.3, -0.25) is 4.90 Å². The predicted molar refractivity (Wildman–Crippen MR) is 105 cm³/mol. The Morgan fingerprint density at radius 2 is 1.60 bits per heavy atom. The lowest BCUT2D eigenvalue weighted by Gasteiger charge is -2.18. The number of urea groups is 1. The number of hydrogen-bond acceptors (Lipinski definition) is 2. The summed E-state index contributed by atoms with van der Waals surface area (Å²) in [5, 5.41) is 2.87. The Morgan fingerprint density at radius 3 is 2.28 bits per heavy atom. The van der Waals surface area contributed by atoms with E-state index in [2.05, 4.69) is 21.2 Å². The second-order valence-corrected chi connectivity index (χ2v) is 6.32. The van der Waals surface area contributed by atoms with Gasteiger partial charge in [0.1, 0.15) is 11.5 Å². The molecular weight excluding hydrogens is 380 g/mol. The zero-order chi connectivity index (χ0) is 17.6. The number of rotatable bonds is 4. The van der Waals surface area contributed by atoms with Crippen molar-refractivity contribution in [1.29, 1.82) is 0 Å². The van der Waals surface area contributed by atoms with Crippen LogP contribution in [0.5, 0.6) is 11.5 Å². The number of halogens is 1. The van der Waals surface area contributed by atoms with Crippen LogP contribution in [0.2, 0.25) is 0 Å². The quantitative estimate of drug-likeness (QED) is 0.595. The van der Waals surface area contributed by atoms with Crippen LogP contribution in [-0.2, 0) is 0 Å². The van der Waals surface area contributed by atoms with E-state index in [9.17, 15) is 4.79 Å². The van der Waals surface area contributed by atoms with Crippen molar-refractivity contribution in [1.82, 2.24) is 0 Å². The molecule has 0 fully saturated rings. The number of benzene rings is 3. The maximum atomic E-state index is 12.4. The summed E-state index contributed by atoms with van der Waals surface area (Å²) in [6, 6.07) is 24.2. The van der Waals surface area contributed by atoms with E-state index in [-0.39, 0.29) is 6.03 Å². The van der Waals surface area contributed by atoms with Gasteiger partial charge in [-0.2, -0.15) is 0 Å². The predicted octanol–water partition coefficient (Wildman–Crippen LogP) is 5.91. The van der Waals surface area contributed by atoms with E-state index in [1.807, 2.05) is 78.9 Å². The summed E-state index contributed by atoms with van der Waals surface area (Å²) in [7, 11) is 1.73. The zero-order valence-electron chi connectivity index (χ0n) is 13.6. The van der Waals surface area contributed by atoms with Gasteiger partial charge in [0, 0.05) is 22.9 Å². The van der Waals surface area contributed by atoms with Crippen LogP contribution in [0.15, 0.2) is 83.3 Å². The van der Waals surface area contributed by atoms with Gasteiger partial charge in [-0.05, 0) is 54.6 Å². The minimum atomic E-state index is -0.213. The maximum absolute atomic E-state index is 12.4. The fraction of sp³-hybridized carbons (Fsp3) is 0.0500. The van der Waals surface area contributed by atoms with Gasteiger partial charge in [0.25, 0.3) is 0 Å². The average Bonchev–Trinajstić information content (AvgIpc) is 2.63. The zero-order valence-corrected chi connectivity index (χ0v) is 15.2. The molecule has 0 saturated carbocycles. The second-order valence-electron chi connectivity index (χ2n) is 5.41. The van der Waals surface area contributed by atoms with Crippen molar-refractivity contribution in [2.75, 3.05) is 17.3 Å². The van der Waals surface area contributed by atoms with E-state index in [1.165, 1.54) is 0 Å². The third kappa shape index (κ3) is 4.61. The number of anilines is 2. The first-order chi connectivity index (χ1) is 12.1. The molecule has 0 unspecified atom stereocenters. The molecule has 0 aliphatic rings. The van der Waals surface area contributed by atoms with E-state index in [4.69, 9.17) is 4.74 Å². The van der Waals surface area contributed by atoms with E-state index in [0.717, 1.165) is 15.9 Å². The molecule has 0 aliphatic carbocycles. The molecule has 0 aliphatic heterocycles. The largest absolute Gasteiger partial charge is 0.457 e. The lowest BCUT2D eigenvalue weighted by molar-refractivity contribution is 0.258. The summed E-state index contributed by atoms with van der Waals surface area (Å²) in [5.74, 6) is 1.48. The first-order valence-electron chi connectivity index (χ1n) is 7.75. The first-order valence-corrected chi connectivity index (χ1v) is 8.54. The molecular formula is C20H17BrN2O2. The van der Waals surface area contributed by atoms with Crippen LogP contribution in [0.4, 0.5) is 16.2 Å². The Kier molecular flexibility index (Phi) is 5.36. The highest BCUT2D eigenvalue weighted by atomic mass is 79.9. The maximum Gasteiger partial charge on any atom is 0.326 e. The van der Waals surface area contributed by atoms with Crippen molar-refractivity contribution in [3.05, 3.63) is 83.3 Å². The molecule has 4 nitrogen and oxygen atoms in total. The van der Waals surface area contributed by atoms with Gasteiger partial charge in [-0.1, -0.05) is 40.2 Å². The minimum absolute atomic E-state index is 0.213. The first kappa shape index (κ1) is 17.0. The molecule has 0 bridgehead atoms. The molecule has 0 aromatic heterocycles. The molecule has 126 valence electrons. The molecule has 0 atom stereocenters. The normalized spacial score (nSPS) is 10.2. The Morgan fingerprint density at radius 1 is 0.920 bits per heavy atom. The number of para-hydroxylation sites is 1. The number of nitrogens with zero attached hydrogens (tertiary/aromatic N) is 1. The molecule has 3 aromatic carbocycles. The van der Waals surface area contributed by atoms with E-state index < -0.39 is 0 Å². The fourth-order valence-electron chi connectivity index (χ4n) is 2.24. The van der Waals surface area contributed by atoms with Crippen molar-refractivity contribution in [3.8, 4) is 11.5 Å². The highest BCUT2D eigenvalue weighted by Crippen LogP contribution is 2.23. The standard InChI is InChI=1S/C20H17BrN2O2/c1-23(17-7-5-6-15(21)14-17)20(24)22-16-10-12-19(13-11-16)25-18-8-3-2-4-9-18/h2-14H,1H3,(H,22,24). The second kappa shape index (κ2) is 7.85. The minimum Gasteiger partial charge on any atom is -0.457 e. The third-order valence-corrected chi connectivity index (χ3v) is 4.08. The number of ether oxygens (including phenoxy) is 1. The SMILES string of the molecule is CN(C(=O)Nc1ccc(Oc2ccccc2)cc1)c1cccc(Br)c1. The molecule has 0 radical (unpaired) electrons. The van der Waals surface area contributed by atoms with Crippen LogP contribution < -0.4 is 15.0 Å². The van der Waals surface area contributed by atoms with Crippen molar-refractivity contribution < 1.29 is 9.53 Å². The van der Waals surface area contributed by atoms with Crippen LogP contribution >= 0.6 is 15.9 Å². The average molecular weight is 397 g/mol. The molecule has 25 heavy (non-hydrogen) atoms.